The maximum absolute atomic E-state index is 5.52. The Balaban J connectivity index is 1.90. The normalized spacial score (nSPS) is 11.3. The monoisotopic (exact) mass is 265 g/mol. The molecule has 5 nitrogen and oxygen atoms in total. The zero-order chi connectivity index (χ0) is 13.0. The van der Waals surface area contributed by atoms with Crippen molar-refractivity contribution in [2.75, 3.05) is 13.6 Å². The van der Waals surface area contributed by atoms with Crippen molar-refractivity contribution in [1.82, 2.24) is 19.4 Å². The van der Waals surface area contributed by atoms with Crippen LogP contribution in [-0.2, 0) is 26.6 Å². The van der Waals surface area contributed by atoms with Crippen LogP contribution in [0.25, 0.3) is 0 Å². The molecule has 18 heavy (non-hydrogen) atoms. The average molecular weight is 265 g/mol. The topological polar surface area (TPSA) is 60.0 Å². The Morgan fingerprint density at radius 2 is 2.28 bits per heavy atom. The van der Waals surface area contributed by atoms with Crippen molar-refractivity contribution in [2.24, 2.45) is 12.8 Å². The summed E-state index contributed by atoms with van der Waals surface area (Å²) in [6, 6.07) is 0. The van der Waals surface area contributed by atoms with E-state index in [2.05, 4.69) is 27.3 Å². The second-order valence-electron chi connectivity index (χ2n) is 4.40. The molecule has 0 radical (unpaired) electrons. The summed E-state index contributed by atoms with van der Waals surface area (Å²) in [4.78, 5) is 11.1. The van der Waals surface area contributed by atoms with Crippen molar-refractivity contribution in [1.29, 1.82) is 0 Å². The molecular formula is C12H19N5S. The summed E-state index contributed by atoms with van der Waals surface area (Å²) in [6.07, 6.45) is 4.66. The third kappa shape index (κ3) is 3.38. The lowest BCUT2D eigenvalue weighted by Gasteiger charge is -2.14. The zero-order valence-electron chi connectivity index (χ0n) is 10.8. The highest BCUT2D eigenvalue weighted by atomic mass is 32.1. The van der Waals surface area contributed by atoms with Gasteiger partial charge in [0.05, 0.1) is 17.2 Å². The summed E-state index contributed by atoms with van der Waals surface area (Å²) in [5, 5.41) is 3.23. The number of rotatable bonds is 6. The van der Waals surface area contributed by atoms with E-state index < -0.39 is 0 Å². The van der Waals surface area contributed by atoms with Gasteiger partial charge in [-0.2, -0.15) is 0 Å². The van der Waals surface area contributed by atoms with Gasteiger partial charge in [0.15, 0.2) is 0 Å². The van der Waals surface area contributed by atoms with Gasteiger partial charge in [-0.3, -0.25) is 4.90 Å². The first-order valence-electron chi connectivity index (χ1n) is 5.97. The molecule has 0 saturated carbocycles. The molecular weight excluding hydrogens is 246 g/mol. The predicted octanol–water partition coefficient (Wildman–Crippen LogP) is 1.01. The number of hydrogen-bond acceptors (Lipinski definition) is 5. The molecule has 0 unspecified atom stereocenters. The Bertz CT molecular complexity index is 490. The molecule has 2 N–H and O–H groups in total. The molecule has 2 rings (SSSR count). The molecule has 0 atom stereocenters. The number of aryl methyl sites for hydroxylation is 1. The van der Waals surface area contributed by atoms with Gasteiger partial charge in [0, 0.05) is 37.8 Å². The van der Waals surface area contributed by atoms with Crippen LogP contribution in [-0.4, -0.2) is 33.0 Å². The van der Waals surface area contributed by atoms with Crippen LogP contribution in [0.5, 0.6) is 0 Å². The molecule has 0 aliphatic rings. The summed E-state index contributed by atoms with van der Waals surface area (Å²) in [7, 11) is 4.09. The molecule has 0 bridgehead atoms. The molecule has 2 aromatic heterocycles. The van der Waals surface area contributed by atoms with Crippen LogP contribution in [0, 0.1) is 0 Å². The number of hydrogen-bond donors (Lipinski definition) is 1. The van der Waals surface area contributed by atoms with Gasteiger partial charge in [-0.1, -0.05) is 0 Å². The van der Waals surface area contributed by atoms with Crippen LogP contribution >= 0.6 is 11.3 Å². The highest BCUT2D eigenvalue weighted by Crippen LogP contribution is 2.12. The second-order valence-corrected chi connectivity index (χ2v) is 5.34. The van der Waals surface area contributed by atoms with E-state index in [0.29, 0.717) is 6.54 Å². The van der Waals surface area contributed by atoms with E-state index in [1.165, 1.54) is 0 Å². The quantitative estimate of drug-likeness (QED) is 0.847. The van der Waals surface area contributed by atoms with Crippen molar-refractivity contribution >= 4 is 11.3 Å². The Labute approximate surface area is 111 Å². The third-order valence-electron chi connectivity index (χ3n) is 2.72. The Hall–Kier alpha value is -1.24. The molecule has 2 heterocycles. The lowest BCUT2D eigenvalue weighted by atomic mass is 10.4. The van der Waals surface area contributed by atoms with E-state index in [1.807, 2.05) is 24.0 Å². The van der Waals surface area contributed by atoms with Gasteiger partial charge in [0.25, 0.3) is 0 Å². The van der Waals surface area contributed by atoms with Gasteiger partial charge in [0.2, 0.25) is 0 Å². The smallest absolute Gasteiger partial charge is 0.122 e. The molecule has 2 aromatic rings. The first-order valence-corrected chi connectivity index (χ1v) is 6.85. The van der Waals surface area contributed by atoms with E-state index in [1.54, 1.807) is 11.3 Å². The van der Waals surface area contributed by atoms with Gasteiger partial charge in [-0.25, -0.2) is 9.97 Å². The number of imidazole rings is 1. The minimum Gasteiger partial charge on any atom is -0.337 e. The number of nitrogens with zero attached hydrogens (tertiary/aromatic N) is 4. The fraction of sp³-hybridized carbons (Fsp3) is 0.500. The first-order chi connectivity index (χ1) is 8.69. The highest BCUT2D eigenvalue weighted by Gasteiger charge is 2.08. The summed E-state index contributed by atoms with van der Waals surface area (Å²) in [5.74, 6) is 1.06. The average Bonchev–Trinajstić information content (AvgIpc) is 2.90. The van der Waals surface area contributed by atoms with Gasteiger partial charge in [-0.15, -0.1) is 11.3 Å². The van der Waals surface area contributed by atoms with Crippen molar-refractivity contribution < 1.29 is 0 Å². The largest absolute Gasteiger partial charge is 0.337 e. The Morgan fingerprint density at radius 3 is 2.94 bits per heavy atom. The van der Waals surface area contributed by atoms with E-state index in [-0.39, 0.29) is 0 Å². The van der Waals surface area contributed by atoms with Gasteiger partial charge >= 0.3 is 0 Å². The standard InChI is InChI=1S/C12H19N5S/c1-16(8-11-14-5-6-17(11)2)7-10-9-18-12(15-10)3-4-13/h5-6,9H,3-4,7-8,13H2,1-2H3. The SMILES string of the molecule is CN(Cc1csc(CCN)n1)Cc1nccn1C. The van der Waals surface area contributed by atoms with Crippen LogP contribution in [0.3, 0.4) is 0 Å². The Kier molecular flexibility index (Phi) is 4.46. The van der Waals surface area contributed by atoms with Crippen LogP contribution in [0.2, 0.25) is 0 Å². The van der Waals surface area contributed by atoms with Crippen LogP contribution < -0.4 is 5.73 Å². The van der Waals surface area contributed by atoms with Crippen molar-refractivity contribution in [3.8, 4) is 0 Å². The lowest BCUT2D eigenvalue weighted by molar-refractivity contribution is 0.304. The summed E-state index contributed by atoms with van der Waals surface area (Å²) < 4.78 is 2.04. The number of thiazole rings is 1. The maximum Gasteiger partial charge on any atom is 0.122 e. The van der Waals surface area contributed by atoms with E-state index in [4.69, 9.17) is 5.73 Å². The number of aromatic nitrogens is 3. The van der Waals surface area contributed by atoms with Gasteiger partial charge in [-0.05, 0) is 13.6 Å². The third-order valence-corrected chi connectivity index (χ3v) is 3.68. The van der Waals surface area contributed by atoms with Crippen molar-refractivity contribution in [3.63, 3.8) is 0 Å². The van der Waals surface area contributed by atoms with Gasteiger partial charge in [0.1, 0.15) is 5.82 Å². The summed E-state index contributed by atoms with van der Waals surface area (Å²) >= 11 is 1.69. The van der Waals surface area contributed by atoms with E-state index in [9.17, 15) is 0 Å². The van der Waals surface area contributed by atoms with E-state index in [0.717, 1.165) is 36.0 Å². The maximum atomic E-state index is 5.52. The molecule has 6 heteroatoms. The van der Waals surface area contributed by atoms with Crippen molar-refractivity contribution in [3.05, 3.63) is 34.3 Å². The van der Waals surface area contributed by atoms with Crippen LogP contribution in [0.4, 0.5) is 0 Å². The van der Waals surface area contributed by atoms with Gasteiger partial charge < -0.3 is 10.3 Å². The summed E-state index contributed by atoms with van der Waals surface area (Å²) in [5.41, 5.74) is 6.63. The minimum atomic E-state index is 0.663. The molecule has 0 fully saturated rings. The number of nitrogens with two attached hydrogens (primary N) is 1. The lowest BCUT2D eigenvalue weighted by Crippen LogP contribution is -2.19. The molecule has 0 aliphatic heterocycles. The highest BCUT2D eigenvalue weighted by molar-refractivity contribution is 7.09. The first kappa shape index (κ1) is 13.2. The Morgan fingerprint density at radius 1 is 1.44 bits per heavy atom. The molecule has 0 aromatic carbocycles. The van der Waals surface area contributed by atoms with E-state index >= 15 is 0 Å². The zero-order valence-corrected chi connectivity index (χ0v) is 11.7. The molecule has 98 valence electrons. The molecule has 0 saturated heterocycles. The van der Waals surface area contributed by atoms with Crippen LogP contribution in [0.15, 0.2) is 17.8 Å². The second kappa shape index (κ2) is 6.08. The predicted molar refractivity (Wildman–Crippen MR) is 73.3 cm³/mol. The molecule has 0 spiro atoms. The van der Waals surface area contributed by atoms with Crippen molar-refractivity contribution in [2.45, 2.75) is 19.5 Å². The molecule has 0 amide bonds. The fourth-order valence-electron chi connectivity index (χ4n) is 1.78. The van der Waals surface area contributed by atoms with Crippen LogP contribution in [0.1, 0.15) is 16.5 Å². The minimum absolute atomic E-state index is 0.663. The summed E-state index contributed by atoms with van der Waals surface area (Å²) in [6.45, 7) is 2.33. The fourth-order valence-corrected chi connectivity index (χ4v) is 2.59. The molecule has 0 aliphatic carbocycles.